The van der Waals surface area contributed by atoms with Gasteiger partial charge in [-0.3, -0.25) is 9.59 Å². The number of fused-ring (bicyclic) bond motifs is 1. The van der Waals surface area contributed by atoms with Gasteiger partial charge in [-0.25, -0.2) is 4.98 Å². The largest absolute Gasteiger partial charge is 0.504 e. The summed E-state index contributed by atoms with van der Waals surface area (Å²) in [6.45, 7) is 0.870. The number of rotatable bonds is 11. The van der Waals surface area contributed by atoms with Gasteiger partial charge < -0.3 is 35.9 Å². The molecular formula is C31H28BrN5O5. The summed E-state index contributed by atoms with van der Waals surface area (Å²) >= 11 is 3.49. The normalized spacial score (nSPS) is 11.6. The quantitative estimate of drug-likeness (QED) is 0.131. The highest BCUT2D eigenvalue weighted by Gasteiger charge is 2.21. The van der Waals surface area contributed by atoms with E-state index in [0.29, 0.717) is 35.7 Å². The Kier molecular flexibility index (Phi) is 8.58. The number of benzene rings is 4. The van der Waals surface area contributed by atoms with Crippen LogP contribution in [0, 0.1) is 0 Å². The van der Waals surface area contributed by atoms with Crippen LogP contribution in [0.1, 0.15) is 15.9 Å². The summed E-state index contributed by atoms with van der Waals surface area (Å²) in [7, 11) is 0. The molecule has 0 aliphatic heterocycles. The fourth-order valence-corrected chi connectivity index (χ4v) is 4.85. The Labute approximate surface area is 249 Å². The molecule has 5 aromatic rings. The molecule has 42 heavy (non-hydrogen) atoms. The van der Waals surface area contributed by atoms with Crippen molar-refractivity contribution in [3.63, 3.8) is 0 Å². The number of phenolic OH excluding ortho intramolecular Hbond substituents is 2. The van der Waals surface area contributed by atoms with Gasteiger partial charge in [-0.2, -0.15) is 0 Å². The van der Waals surface area contributed by atoms with Crippen LogP contribution in [0.2, 0.25) is 0 Å². The van der Waals surface area contributed by atoms with Crippen LogP contribution in [0.25, 0.3) is 11.0 Å². The molecule has 0 bridgehead atoms. The van der Waals surface area contributed by atoms with Crippen molar-refractivity contribution in [1.82, 2.24) is 14.9 Å². The number of imidazole rings is 1. The van der Waals surface area contributed by atoms with Gasteiger partial charge in [-0.15, -0.1) is 0 Å². The molecule has 2 amide bonds. The second-order valence-electron chi connectivity index (χ2n) is 9.54. The van der Waals surface area contributed by atoms with Crippen LogP contribution in [0.3, 0.4) is 0 Å². The van der Waals surface area contributed by atoms with Crippen molar-refractivity contribution >= 4 is 50.4 Å². The molecule has 0 radical (unpaired) electrons. The van der Waals surface area contributed by atoms with Gasteiger partial charge in [0, 0.05) is 22.1 Å². The highest BCUT2D eigenvalue weighted by atomic mass is 79.9. The predicted molar refractivity (Wildman–Crippen MR) is 163 cm³/mol. The number of carbonyl (C=O) groups excluding carboxylic acids is 2. The van der Waals surface area contributed by atoms with Crippen molar-refractivity contribution in [2.24, 2.45) is 5.73 Å². The minimum Gasteiger partial charge on any atom is -0.504 e. The maximum atomic E-state index is 13.2. The van der Waals surface area contributed by atoms with Gasteiger partial charge in [0.25, 0.3) is 5.91 Å². The molecule has 214 valence electrons. The average Bonchev–Trinajstić information content (AvgIpc) is 3.31. The molecular weight excluding hydrogens is 602 g/mol. The van der Waals surface area contributed by atoms with Crippen molar-refractivity contribution in [3.05, 3.63) is 107 Å². The number of halogens is 1. The molecule has 0 aliphatic rings. The number of aromatic nitrogens is 2. The van der Waals surface area contributed by atoms with E-state index >= 15 is 0 Å². The molecule has 0 saturated heterocycles. The number of hydrogen-bond acceptors (Lipinski definition) is 7. The van der Waals surface area contributed by atoms with E-state index in [0.717, 1.165) is 21.4 Å². The molecule has 0 fully saturated rings. The monoisotopic (exact) mass is 629 g/mol. The van der Waals surface area contributed by atoms with E-state index in [1.807, 2.05) is 59.2 Å². The van der Waals surface area contributed by atoms with Crippen molar-refractivity contribution in [2.75, 3.05) is 11.9 Å². The van der Waals surface area contributed by atoms with Gasteiger partial charge in [0.2, 0.25) is 11.9 Å². The van der Waals surface area contributed by atoms with Crippen LogP contribution in [0.15, 0.2) is 95.5 Å². The number of aromatic hydroxyl groups is 2. The van der Waals surface area contributed by atoms with Gasteiger partial charge in [0.1, 0.15) is 18.4 Å². The predicted octanol–water partition coefficient (Wildman–Crippen LogP) is 4.86. The van der Waals surface area contributed by atoms with Crippen LogP contribution >= 0.6 is 15.9 Å². The first-order valence-electron chi connectivity index (χ1n) is 13.1. The van der Waals surface area contributed by atoms with E-state index in [9.17, 15) is 19.8 Å². The summed E-state index contributed by atoms with van der Waals surface area (Å²) in [5, 5.41) is 25.3. The van der Waals surface area contributed by atoms with Crippen molar-refractivity contribution in [3.8, 4) is 17.2 Å². The first kappa shape index (κ1) is 28.5. The molecule has 1 atom stereocenters. The summed E-state index contributed by atoms with van der Waals surface area (Å²) in [5.74, 6) is -0.531. The molecule has 11 heteroatoms. The molecule has 1 aromatic heterocycles. The standard InChI is InChI=1S/C31H28BrN5O5/c32-21-5-4-6-22(18-21)34-31-36-24-17-20(10-11-26(24)37(31)13-14-42-23-7-2-1-3-8-23)30(41)35-25(29(33)40)15-19-9-12-27(38)28(39)16-19/h1-12,16-18,25,38-39H,13-15H2,(H2,33,40)(H,34,36)(H,35,41). The summed E-state index contributed by atoms with van der Waals surface area (Å²) in [5.41, 5.74) is 8.55. The molecule has 5 rings (SSSR count). The van der Waals surface area contributed by atoms with Crippen LogP contribution in [0.5, 0.6) is 17.2 Å². The lowest BCUT2D eigenvalue weighted by atomic mass is 10.0. The summed E-state index contributed by atoms with van der Waals surface area (Å²) in [4.78, 5) is 30.1. The highest BCUT2D eigenvalue weighted by Crippen LogP contribution is 2.27. The second-order valence-corrected chi connectivity index (χ2v) is 10.5. The van der Waals surface area contributed by atoms with E-state index in [2.05, 4.69) is 26.6 Å². The maximum Gasteiger partial charge on any atom is 0.252 e. The molecule has 10 nitrogen and oxygen atoms in total. The van der Waals surface area contributed by atoms with Crippen molar-refractivity contribution < 1.29 is 24.5 Å². The minimum atomic E-state index is -1.04. The Balaban J connectivity index is 1.39. The van der Waals surface area contributed by atoms with Crippen molar-refractivity contribution in [2.45, 2.75) is 19.0 Å². The number of carbonyl (C=O) groups is 2. The Morgan fingerprint density at radius 1 is 0.952 bits per heavy atom. The Hall–Kier alpha value is -5.03. The van der Waals surface area contributed by atoms with Crippen molar-refractivity contribution in [1.29, 1.82) is 0 Å². The Morgan fingerprint density at radius 2 is 1.76 bits per heavy atom. The number of hydrogen-bond donors (Lipinski definition) is 5. The van der Waals surface area contributed by atoms with Gasteiger partial charge in [0.15, 0.2) is 11.5 Å². The molecule has 1 heterocycles. The second kappa shape index (κ2) is 12.6. The van der Waals surface area contributed by atoms with E-state index in [-0.39, 0.29) is 17.9 Å². The van der Waals surface area contributed by atoms with Gasteiger partial charge in [0.05, 0.1) is 17.6 Å². The average molecular weight is 630 g/mol. The van der Waals surface area contributed by atoms with Crippen LogP contribution in [-0.2, 0) is 17.8 Å². The summed E-state index contributed by atoms with van der Waals surface area (Å²) < 4.78 is 8.81. The topological polar surface area (TPSA) is 152 Å². The number of para-hydroxylation sites is 1. The lowest BCUT2D eigenvalue weighted by molar-refractivity contribution is -0.119. The van der Waals surface area contributed by atoms with Crippen LogP contribution < -0.4 is 21.1 Å². The van der Waals surface area contributed by atoms with E-state index in [1.54, 1.807) is 18.2 Å². The lowest BCUT2D eigenvalue weighted by Gasteiger charge is -2.16. The van der Waals surface area contributed by atoms with Crippen LogP contribution in [-0.4, -0.2) is 44.2 Å². The molecule has 1 unspecified atom stereocenters. The number of nitrogens with one attached hydrogen (secondary N) is 2. The zero-order valence-corrected chi connectivity index (χ0v) is 23.9. The van der Waals surface area contributed by atoms with E-state index < -0.39 is 17.9 Å². The first-order valence-corrected chi connectivity index (χ1v) is 13.9. The maximum absolute atomic E-state index is 13.2. The lowest BCUT2D eigenvalue weighted by Crippen LogP contribution is -2.45. The third-order valence-electron chi connectivity index (χ3n) is 6.55. The van der Waals surface area contributed by atoms with E-state index in [1.165, 1.54) is 18.2 Å². The number of nitrogens with two attached hydrogens (primary N) is 1. The molecule has 0 spiro atoms. The molecule has 6 N–H and O–H groups in total. The van der Waals surface area contributed by atoms with Gasteiger partial charge >= 0.3 is 0 Å². The number of amides is 2. The fourth-order valence-electron chi connectivity index (χ4n) is 4.46. The van der Waals surface area contributed by atoms with Gasteiger partial charge in [-0.05, 0) is 66.2 Å². The Morgan fingerprint density at radius 3 is 2.50 bits per heavy atom. The zero-order valence-electron chi connectivity index (χ0n) is 22.3. The number of phenols is 2. The smallest absolute Gasteiger partial charge is 0.252 e. The number of anilines is 2. The van der Waals surface area contributed by atoms with Gasteiger partial charge in [-0.1, -0.05) is 46.3 Å². The Bertz CT molecular complexity index is 1740. The third kappa shape index (κ3) is 6.81. The zero-order chi connectivity index (χ0) is 29.6. The summed E-state index contributed by atoms with van der Waals surface area (Å²) in [6, 6.07) is 25.4. The third-order valence-corrected chi connectivity index (χ3v) is 7.04. The number of nitrogens with zero attached hydrogens (tertiary/aromatic N) is 2. The van der Waals surface area contributed by atoms with E-state index in [4.69, 9.17) is 15.5 Å². The molecule has 0 aliphatic carbocycles. The minimum absolute atomic E-state index is 0.0356. The summed E-state index contributed by atoms with van der Waals surface area (Å²) in [6.07, 6.45) is 0.0356. The molecule has 0 saturated carbocycles. The highest BCUT2D eigenvalue weighted by molar-refractivity contribution is 9.10. The first-order chi connectivity index (χ1) is 20.3. The number of ether oxygens (including phenoxy) is 1. The number of primary amides is 1. The molecule has 4 aromatic carbocycles. The van der Waals surface area contributed by atoms with Crippen LogP contribution in [0.4, 0.5) is 11.6 Å². The SMILES string of the molecule is NC(=O)C(Cc1ccc(O)c(O)c1)NC(=O)c1ccc2c(c1)nc(Nc1cccc(Br)c1)n2CCOc1ccccc1. The fraction of sp³-hybridized carbons (Fsp3) is 0.129.